The summed E-state index contributed by atoms with van der Waals surface area (Å²) in [6.07, 6.45) is 0.616. The molecule has 17 heavy (non-hydrogen) atoms. The number of thiophene rings is 1. The van der Waals surface area contributed by atoms with E-state index in [2.05, 4.69) is 31.4 Å². The normalized spacial score (nSPS) is 22.5. The minimum atomic E-state index is 0.221. The maximum Gasteiger partial charge on any atom is 0.223 e. The predicted octanol–water partition coefficient (Wildman–Crippen LogP) is 2.25. The number of rotatable bonds is 4. The number of hydrogen-bond donors (Lipinski definition) is 1. The second-order valence-corrected chi connectivity index (χ2v) is 6.04. The van der Waals surface area contributed by atoms with Crippen LogP contribution >= 0.6 is 11.3 Å². The van der Waals surface area contributed by atoms with Gasteiger partial charge in [-0.3, -0.25) is 4.79 Å². The lowest BCUT2D eigenvalue weighted by Crippen LogP contribution is -2.33. The van der Waals surface area contributed by atoms with Crippen LogP contribution in [0.2, 0.25) is 0 Å². The van der Waals surface area contributed by atoms with Gasteiger partial charge in [0.2, 0.25) is 5.91 Å². The minimum Gasteiger partial charge on any atom is -0.334 e. The van der Waals surface area contributed by atoms with Crippen molar-refractivity contribution in [3.63, 3.8) is 0 Å². The topological polar surface area (TPSA) is 46.3 Å². The van der Waals surface area contributed by atoms with E-state index in [-0.39, 0.29) is 11.9 Å². The Kier molecular flexibility index (Phi) is 3.84. The highest BCUT2D eigenvalue weighted by atomic mass is 32.1. The van der Waals surface area contributed by atoms with Gasteiger partial charge in [0.05, 0.1) is 6.04 Å². The first-order valence-corrected chi connectivity index (χ1v) is 7.04. The molecule has 1 fully saturated rings. The second kappa shape index (κ2) is 5.19. The van der Waals surface area contributed by atoms with Crippen molar-refractivity contribution in [1.29, 1.82) is 0 Å². The summed E-state index contributed by atoms with van der Waals surface area (Å²) < 4.78 is 0. The molecule has 2 heterocycles. The fourth-order valence-corrected chi connectivity index (χ4v) is 3.55. The van der Waals surface area contributed by atoms with Crippen LogP contribution in [-0.2, 0) is 4.79 Å². The van der Waals surface area contributed by atoms with Crippen molar-refractivity contribution >= 4 is 17.2 Å². The molecule has 1 aliphatic heterocycles. The standard InChI is InChI=1S/C13H20N2OS/c1-9(2)13(11-4-3-5-17-11)15-8-10(7-14)6-12(15)16/h3-5,9-10,13H,6-8,14H2,1-2H3. The Morgan fingerprint density at radius 3 is 2.82 bits per heavy atom. The molecule has 0 saturated carbocycles. The molecule has 1 aliphatic rings. The Labute approximate surface area is 107 Å². The number of likely N-dealkylation sites (tertiary alicyclic amines) is 1. The Balaban J connectivity index is 2.20. The quantitative estimate of drug-likeness (QED) is 0.893. The van der Waals surface area contributed by atoms with Crippen LogP contribution in [0.15, 0.2) is 17.5 Å². The molecule has 0 bridgehead atoms. The minimum absolute atomic E-state index is 0.221. The van der Waals surface area contributed by atoms with Crippen molar-refractivity contribution < 1.29 is 4.79 Å². The van der Waals surface area contributed by atoms with Gasteiger partial charge in [-0.2, -0.15) is 0 Å². The third kappa shape index (κ3) is 2.53. The lowest BCUT2D eigenvalue weighted by Gasteiger charge is -2.30. The summed E-state index contributed by atoms with van der Waals surface area (Å²) in [6, 6.07) is 4.40. The van der Waals surface area contributed by atoms with Gasteiger partial charge in [0.25, 0.3) is 0 Å². The summed E-state index contributed by atoms with van der Waals surface area (Å²) in [6.45, 7) is 5.77. The van der Waals surface area contributed by atoms with Crippen molar-refractivity contribution in [3.05, 3.63) is 22.4 Å². The monoisotopic (exact) mass is 252 g/mol. The Hall–Kier alpha value is -0.870. The highest BCUT2D eigenvalue weighted by molar-refractivity contribution is 7.10. The number of amides is 1. The van der Waals surface area contributed by atoms with E-state index >= 15 is 0 Å². The summed E-state index contributed by atoms with van der Waals surface area (Å²) in [7, 11) is 0. The molecule has 2 atom stereocenters. The molecule has 2 N–H and O–H groups in total. The smallest absolute Gasteiger partial charge is 0.223 e. The molecule has 2 unspecified atom stereocenters. The summed E-state index contributed by atoms with van der Waals surface area (Å²) >= 11 is 1.73. The molecule has 3 nitrogen and oxygen atoms in total. The van der Waals surface area contributed by atoms with E-state index in [0.29, 0.717) is 24.8 Å². The van der Waals surface area contributed by atoms with Gasteiger partial charge in [0, 0.05) is 17.8 Å². The number of hydrogen-bond acceptors (Lipinski definition) is 3. The number of nitrogens with two attached hydrogens (primary N) is 1. The Bertz CT molecular complexity index is 375. The van der Waals surface area contributed by atoms with E-state index in [4.69, 9.17) is 5.73 Å². The molecule has 1 aromatic heterocycles. The Morgan fingerprint density at radius 1 is 1.59 bits per heavy atom. The van der Waals surface area contributed by atoms with E-state index in [1.165, 1.54) is 4.88 Å². The van der Waals surface area contributed by atoms with Gasteiger partial charge in [-0.05, 0) is 29.8 Å². The molecular formula is C13H20N2OS. The van der Waals surface area contributed by atoms with Gasteiger partial charge >= 0.3 is 0 Å². The third-order valence-corrected chi connectivity index (χ3v) is 4.32. The van der Waals surface area contributed by atoms with Crippen molar-refractivity contribution in [1.82, 2.24) is 4.90 Å². The van der Waals surface area contributed by atoms with Crippen LogP contribution < -0.4 is 5.73 Å². The molecule has 1 saturated heterocycles. The lowest BCUT2D eigenvalue weighted by atomic mass is 10.0. The average Bonchev–Trinajstić information content (AvgIpc) is 2.89. The van der Waals surface area contributed by atoms with Crippen molar-refractivity contribution in [2.24, 2.45) is 17.6 Å². The molecule has 4 heteroatoms. The molecule has 0 spiro atoms. The highest BCUT2D eigenvalue weighted by Gasteiger charge is 2.35. The van der Waals surface area contributed by atoms with E-state index in [1.807, 2.05) is 4.90 Å². The first-order chi connectivity index (χ1) is 8.13. The van der Waals surface area contributed by atoms with Gasteiger partial charge in [0.15, 0.2) is 0 Å². The molecule has 1 aromatic rings. The van der Waals surface area contributed by atoms with Gasteiger partial charge in [0.1, 0.15) is 0 Å². The van der Waals surface area contributed by atoms with Crippen LogP contribution in [0.25, 0.3) is 0 Å². The van der Waals surface area contributed by atoms with E-state index in [9.17, 15) is 4.79 Å². The summed E-state index contributed by atoms with van der Waals surface area (Å²) in [4.78, 5) is 15.4. The van der Waals surface area contributed by atoms with Gasteiger partial charge in [-0.15, -0.1) is 11.3 Å². The van der Waals surface area contributed by atoms with Crippen molar-refractivity contribution in [3.8, 4) is 0 Å². The zero-order valence-electron chi connectivity index (χ0n) is 10.4. The first kappa shape index (κ1) is 12.6. The van der Waals surface area contributed by atoms with E-state index in [0.717, 1.165) is 6.54 Å². The summed E-state index contributed by atoms with van der Waals surface area (Å²) in [5.41, 5.74) is 5.68. The zero-order chi connectivity index (χ0) is 12.4. The highest BCUT2D eigenvalue weighted by Crippen LogP contribution is 2.35. The molecular weight excluding hydrogens is 232 g/mol. The van der Waals surface area contributed by atoms with Crippen LogP contribution in [0.4, 0.5) is 0 Å². The maximum absolute atomic E-state index is 12.1. The van der Waals surface area contributed by atoms with Crippen LogP contribution in [0, 0.1) is 11.8 Å². The lowest BCUT2D eigenvalue weighted by molar-refractivity contribution is -0.130. The SMILES string of the molecule is CC(C)C(c1cccs1)N1CC(CN)CC1=O. The first-order valence-electron chi connectivity index (χ1n) is 6.16. The molecule has 2 rings (SSSR count). The zero-order valence-corrected chi connectivity index (χ0v) is 11.2. The average molecular weight is 252 g/mol. The van der Waals surface area contributed by atoms with Gasteiger partial charge < -0.3 is 10.6 Å². The van der Waals surface area contributed by atoms with Crippen LogP contribution in [0.5, 0.6) is 0 Å². The van der Waals surface area contributed by atoms with E-state index < -0.39 is 0 Å². The maximum atomic E-state index is 12.1. The molecule has 0 aliphatic carbocycles. The third-order valence-electron chi connectivity index (χ3n) is 3.37. The van der Waals surface area contributed by atoms with Gasteiger partial charge in [-0.1, -0.05) is 19.9 Å². The van der Waals surface area contributed by atoms with Crippen LogP contribution in [-0.4, -0.2) is 23.9 Å². The number of nitrogens with zero attached hydrogens (tertiary/aromatic N) is 1. The molecule has 94 valence electrons. The predicted molar refractivity (Wildman–Crippen MR) is 70.8 cm³/mol. The summed E-state index contributed by atoms with van der Waals surface area (Å²) in [5.74, 6) is 1.03. The van der Waals surface area contributed by atoms with Crippen LogP contribution in [0.1, 0.15) is 31.2 Å². The van der Waals surface area contributed by atoms with Crippen molar-refractivity contribution in [2.45, 2.75) is 26.3 Å². The number of carbonyl (C=O) groups excluding carboxylic acids is 1. The molecule has 1 amide bonds. The van der Waals surface area contributed by atoms with Crippen molar-refractivity contribution in [2.75, 3.05) is 13.1 Å². The fourth-order valence-electron chi connectivity index (χ4n) is 2.54. The molecule has 0 radical (unpaired) electrons. The molecule has 0 aromatic carbocycles. The largest absolute Gasteiger partial charge is 0.334 e. The number of carbonyl (C=O) groups is 1. The van der Waals surface area contributed by atoms with E-state index in [1.54, 1.807) is 11.3 Å². The fraction of sp³-hybridized carbons (Fsp3) is 0.615. The second-order valence-electron chi connectivity index (χ2n) is 5.06. The van der Waals surface area contributed by atoms with Gasteiger partial charge in [-0.25, -0.2) is 0 Å². The Morgan fingerprint density at radius 2 is 2.35 bits per heavy atom. The summed E-state index contributed by atoms with van der Waals surface area (Å²) in [5, 5.41) is 2.08. The van der Waals surface area contributed by atoms with Crippen LogP contribution in [0.3, 0.4) is 0 Å².